The summed E-state index contributed by atoms with van der Waals surface area (Å²) in [5.74, 6) is 0. The van der Waals surface area contributed by atoms with E-state index < -0.39 is 0 Å². The summed E-state index contributed by atoms with van der Waals surface area (Å²) in [6, 6.07) is 0. The standard InChI is InChI=1S/C10H21NO2/c1-2-3-5-11-6-8-13-10(9-11)4-7-12/h10,12H,2-9H2,1H3. The maximum absolute atomic E-state index is 8.78. The molecule has 0 aromatic rings. The van der Waals surface area contributed by atoms with Crippen LogP contribution in [0.2, 0.25) is 0 Å². The molecule has 0 aromatic heterocycles. The minimum atomic E-state index is 0.242. The Kier molecular flexibility index (Phi) is 5.35. The summed E-state index contributed by atoms with van der Waals surface area (Å²) >= 11 is 0. The van der Waals surface area contributed by atoms with Crippen LogP contribution >= 0.6 is 0 Å². The first kappa shape index (κ1) is 11.0. The Morgan fingerprint density at radius 3 is 3.08 bits per heavy atom. The molecule has 0 aliphatic carbocycles. The molecule has 1 rings (SSSR count). The highest BCUT2D eigenvalue weighted by atomic mass is 16.5. The van der Waals surface area contributed by atoms with Crippen molar-refractivity contribution >= 4 is 0 Å². The molecule has 13 heavy (non-hydrogen) atoms. The highest BCUT2D eigenvalue weighted by Crippen LogP contribution is 2.08. The maximum Gasteiger partial charge on any atom is 0.0724 e. The number of hydrogen-bond donors (Lipinski definition) is 1. The average molecular weight is 187 g/mol. The molecule has 1 heterocycles. The largest absolute Gasteiger partial charge is 0.396 e. The number of aliphatic hydroxyl groups is 1. The Morgan fingerprint density at radius 2 is 2.38 bits per heavy atom. The zero-order valence-electron chi connectivity index (χ0n) is 8.54. The number of hydrogen-bond acceptors (Lipinski definition) is 3. The topological polar surface area (TPSA) is 32.7 Å². The second-order valence-electron chi connectivity index (χ2n) is 3.66. The van der Waals surface area contributed by atoms with Crippen molar-refractivity contribution in [3.8, 4) is 0 Å². The zero-order chi connectivity index (χ0) is 9.52. The molecule has 1 aliphatic rings. The van der Waals surface area contributed by atoms with E-state index in [1.165, 1.54) is 19.4 Å². The monoisotopic (exact) mass is 187 g/mol. The number of ether oxygens (including phenoxy) is 1. The first-order valence-corrected chi connectivity index (χ1v) is 5.31. The van der Waals surface area contributed by atoms with Crippen molar-refractivity contribution in [3.05, 3.63) is 0 Å². The zero-order valence-corrected chi connectivity index (χ0v) is 8.54. The number of rotatable bonds is 5. The summed E-state index contributed by atoms with van der Waals surface area (Å²) in [6.45, 7) is 6.52. The van der Waals surface area contributed by atoms with E-state index in [1.807, 2.05) is 0 Å². The van der Waals surface area contributed by atoms with Crippen LogP contribution in [0.4, 0.5) is 0 Å². The van der Waals surface area contributed by atoms with Gasteiger partial charge in [-0.25, -0.2) is 0 Å². The summed E-state index contributed by atoms with van der Waals surface area (Å²) in [6.07, 6.45) is 3.56. The molecule has 1 fully saturated rings. The van der Waals surface area contributed by atoms with Crippen LogP contribution in [0.25, 0.3) is 0 Å². The molecular weight excluding hydrogens is 166 g/mol. The lowest BCUT2D eigenvalue weighted by Gasteiger charge is -2.32. The van der Waals surface area contributed by atoms with Crippen LogP contribution in [0.3, 0.4) is 0 Å². The minimum Gasteiger partial charge on any atom is -0.396 e. The first-order chi connectivity index (χ1) is 6.36. The van der Waals surface area contributed by atoms with Gasteiger partial charge >= 0.3 is 0 Å². The number of unbranched alkanes of at least 4 members (excludes halogenated alkanes) is 1. The van der Waals surface area contributed by atoms with Gasteiger partial charge in [-0.05, 0) is 19.4 Å². The summed E-state index contributed by atoms with van der Waals surface area (Å²) in [5.41, 5.74) is 0. The highest BCUT2D eigenvalue weighted by molar-refractivity contribution is 4.70. The van der Waals surface area contributed by atoms with E-state index in [0.717, 1.165) is 26.1 Å². The SMILES string of the molecule is CCCCN1CCOC(CCO)C1. The number of aliphatic hydroxyl groups excluding tert-OH is 1. The van der Waals surface area contributed by atoms with Gasteiger partial charge in [-0.1, -0.05) is 13.3 Å². The van der Waals surface area contributed by atoms with E-state index in [0.29, 0.717) is 0 Å². The van der Waals surface area contributed by atoms with Gasteiger partial charge in [0.2, 0.25) is 0 Å². The fourth-order valence-electron chi connectivity index (χ4n) is 1.68. The molecule has 1 N–H and O–H groups in total. The van der Waals surface area contributed by atoms with E-state index in [-0.39, 0.29) is 12.7 Å². The van der Waals surface area contributed by atoms with Crippen molar-refractivity contribution in [1.82, 2.24) is 4.90 Å². The third-order valence-corrected chi connectivity index (χ3v) is 2.50. The van der Waals surface area contributed by atoms with Crippen molar-refractivity contribution in [2.75, 3.05) is 32.8 Å². The van der Waals surface area contributed by atoms with Crippen LogP contribution in [-0.2, 0) is 4.74 Å². The predicted octanol–water partition coefficient (Wildman–Crippen LogP) is 0.870. The molecule has 1 saturated heterocycles. The van der Waals surface area contributed by atoms with Gasteiger partial charge in [0.05, 0.1) is 12.7 Å². The molecule has 0 saturated carbocycles. The molecule has 0 bridgehead atoms. The van der Waals surface area contributed by atoms with Crippen LogP contribution < -0.4 is 0 Å². The summed E-state index contributed by atoms with van der Waals surface area (Å²) in [4.78, 5) is 2.44. The Balaban J connectivity index is 2.16. The second kappa shape index (κ2) is 6.35. The lowest BCUT2D eigenvalue weighted by atomic mass is 10.2. The number of morpholine rings is 1. The summed E-state index contributed by atoms with van der Waals surface area (Å²) in [7, 11) is 0. The van der Waals surface area contributed by atoms with Crippen molar-refractivity contribution in [2.24, 2.45) is 0 Å². The Bertz CT molecular complexity index is 128. The Morgan fingerprint density at radius 1 is 1.54 bits per heavy atom. The molecule has 78 valence electrons. The van der Waals surface area contributed by atoms with Gasteiger partial charge in [-0.2, -0.15) is 0 Å². The Hall–Kier alpha value is -0.120. The van der Waals surface area contributed by atoms with E-state index in [2.05, 4.69) is 11.8 Å². The van der Waals surface area contributed by atoms with Gasteiger partial charge in [0.25, 0.3) is 0 Å². The number of nitrogens with zero attached hydrogens (tertiary/aromatic N) is 1. The molecule has 0 spiro atoms. The lowest BCUT2D eigenvalue weighted by molar-refractivity contribution is -0.0382. The normalized spacial score (nSPS) is 24.9. The van der Waals surface area contributed by atoms with Crippen LogP contribution in [0.5, 0.6) is 0 Å². The van der Waals surface area contributed by atoms with Gasteiger partial charge in [-0.3, -0.25) is 4.90 Å². The molecule has 0 aromatic carbocycles. The van der Waals surface area contributed by atoms with Gasteiger partial charge in [-0.15, -0.1) is 0 Å². The molecule has 3 nitrogen and oxygen atoms in total. The minimum absolute atomic E-state index is 0.242. The fraction of sp³-hybridized carbons (Fsp3) is 1.00. The smallest absolute Gasteiger partial charge is 0.0724 e. The quantitative estimate of drug-likeness (QED) is 0.693. The summed E-state index contributed by atoms with van der Waals surface area (Å²) in [5, 5.41) is 8.78. The van der Waals surface area contributed by atoms with Crippen LogP contribution in [0, 0.1) is 0 Å². The molecule has 0 radical (unpaired) electrons. The van der Waals surface area contributed by atoms with Crippen LogP contribution in [-0.4, -0.2) is 49.0 Å². The lowest BCUT2D eigenvalue weighted by Crippen LogP contribution is -2.43. The fourth-order valence-corrected chi connectivity index (χ4v) is 1.68. The third-order valence-electron chi connectivity index (χ3n) is 2.50. The third kappa shape index (κ3) is 4.07. The molecular formula is C10H21NO2. The van der Waals surface area contributed by atoms with Crippen molar-refractivity contribution in [1.29, 1.82) is 0 Å². The molecule has 1 unspecified atom stereocenters. The summed E-state index contributed by atoms with van der Waals surface area (Å²) < 4.78 is 5.53. The van der Waals surface area contributed by atoms with Crippen LogP contribution in [0.15, 0.2) is 0 Å². The van der Waals surface area contributed by atoms with Gasteiger partial charge in [0.15, 0.2) is 0 Å². The van der Waals surface area contributed by atoms with Crippen molar-refractivity contribution in [3.63, 3.8) is 0 Å². The average Bonchev–Trinajstić information content (AvgIpc) is 2.16. The van der Waals surface area contributed by atoms with Crippen molar-refractivity contribution in [2.45, 2.75) is 32.3 Å². The maximum atomic E-state index is 8.78. The van der Waals surface area contributed by atoms with E-state index in [9.17, 15) is 0 Å². The van der Waals surface area contributed by atoms with Crippen molar-refractivity contribution < 1.29 is 9.84 Å². The van der Waals surface area contributed by atoms with Gasteiger partial charge in [0.1, 0.15) is 0 Å². The molecule has 1 atom stereocenters. The van der Waals surface area contributed by atoms with Gasteiger partial charge < -0.3 is 9.84 Å². The van der Waals surface area contributed by atoms with Crippen LogP contribution in [0.1, 0.15) is 26.2 Å². The van der Waals surface area contributed by atoms with E-state index in [4.69, 9.17) is 9.84 Å². The van der Waals surface area contributed by atoms with E-state index >= 15 is 0 Å². The Labute approximate surface area is 80.7 Å². The molecule has 1 aliphatic heterocycles. The van der Waals surface area contributed by atoms with Gasteiger partial charge in [0, 0.05) is 19.7 Å². The molecule has 3 heteroatoms. The van der Waals surface area contributed by atoms with E-state index in [1.54, 1.807) is 0 Å². The highest BCUT2D eigenvalue weighted by Gasteiger charge is 2.18. The predicted molar refractivity (Wildman–Crippen MR) is 52.8 cm³/mol. The second-order valence-corrected chi connectivity index (χ2v) is 3.66. The molecule has 0 amide bonds. The first-order valence-electron chi connectivity index (χ1n) is 5.31.